The quantitative estimate of drug-likeness (QED) is 0.633. The summed E-state index contributed by atoms with van der Waals surface area (Å²) in [6, 6.07) is 5.08. The molecule has 0 bridgehead atoms. The van der Waals surface area contributed by atoms with Gasteiger partial charge in [0.05, 0.1) is 18.9 Å². The van der Waals surface area contributed by atoms with Crippen molar-refractivity contribution in [2.75, 3.05) is 20.2 Å². The molecule has 1 aliphatic rings. The lowest BCUT2D eigenvalue weighted by Gasteiger charge is -2.31. The topological polar surface area (TPSA) is 94.2 Å². The Kier molecular flexibility index (Phi) is 5.71. The molecule has 0 N–H and O–H groups in total. The number of carbonyl (C=O) groups excluding carboxylic acids is 1. The Hall–Kier alpha value is -3.00. The van der Waals surface area contributed by atoms with Gasteiger partial charge < -0.3 is 14.2 Å². The number of aromatic nitrogens is 4. The highest BCUT2D eigenvalue weighted by molar-refractivity contribution is 6.31. The number of methoxy groups -OCH3 is 1. The van der Waals surface area contributed by atoms with Gasteiger partial charge in [-0.1, -0.05) is 16.8 Å². The van der Waals surface area contributed by atoms with Gasteiger partial charge in [0.25, 0.3) is 5.91 Å². The van der Waals surface area contributed by atoms with E-state index in [0.717, 1.165) is 12.8 Å². The van der Waals surface area contributed by atoms with Crippen molar-refractivity contribution in [3.05, 3.63) is 53.3 Å². The zero-order valence-electron chi connectivity index (χ0n) is 15.9. The fraction of sp³-hybridized carbons (Fsp3) is 0.350. The van der Waals surface area contributed by atoms with Crippen molar-refractivity contribution < 1.29 is 14.1 Å². The SMILES string of the molecule is COc1ccc(Cl)cc1C(=O)N1CCC(Cc2nc(-c3cnccn3)no2)CC1. The first-order valence-corrected chi connectivity index (χ1v) is 9.73. The monoisotopic (exact) mass is 413 g/mol. The molecule has 0 spiro atoms. The van der Waals surface area contributed by atoms with Gasteiger partial charge in [-0.05, 0) is 37.0 Å². The molecule has 150 valence electrons. The summed E-state index contributed by atoms with van der Waals surface area (Å²) in [5, 5.41) is 4.50. The van der Waals surface area contributed by atoms with Gasteiger partial charge in [-0.3, -0.25) is 9.78 Å². The Labute approximate surface area is 172 Å². The molecule has 0 unspecified atom stereocenters. The van der Waals surface area contributed by atoms with Crippen molar-refractivity contribution in [1.29, 1.82) is 0 Å². The van der Waals surface area contributed by atoms with E-state index in [0.29, 0.717) is 59.2 Å². The lowest BCUT2D eigenvalue weighted by Crippen LogP contribution is -2.39. The smallest absolute Gasteiger partial charge is 0.257 e. The molecule has 8 nitrogen and oxygen atoms in total. The van der Waals surface area contributed by atoms with Gasteiger partial charge in [-0.15, -0.1) is 0 Å². The molecule has 3 heterocycles. The van der Waals surface area contributed by atoms with Crippen LogP contribution in [0.5, 0.6) is 5.75 Å². The van der Waals surface area contributed by atoms with E-state index >= 15 is 0 Å². The summed E-state index contributed by atoms with van der Waals surface area (Å²) in [6.07, 6.45) is 7.18. The predicted octanol–water partition coefficient (Wildman–Crippen LogP) is 3.28. The second-order valence-electron chi connectivity index (χ2n) is 6.89. The van der Waals surface area contributed by atoms with Crippen LogP contribution in [0.15, 0.2) is 41.3 Å². The van der Waals surface area contributed by atoms with Gasteiger partial charge in [-0.2, -0.15) is 4.98 Å². The molecule has 0 saturated carbocycles. The van der Waals surface area contributed by atoms with Crippen LogP contribution >= 0.6 is 11.6 Å². The molecule has 1 aliphatic heterocycles. The Morgan fingerprint density at radius 3 is 2.86 bits per heavy atom. The lowest BCUT2D eigenvalue weighted by molar-refractivity contribution is 0.0684. The number of ether oxygens (including phenoxy) is 1. The number of amides is 1. The molecule has 0 atom stereocenters. The van der Waals surface area contributed by atoms with Gasteiger partial charge >= 0.3 is 0 Å². The number of benzene rings is 1. The van der Waals surface area contributed by atoms with E-state index in [4.69, 9.17) is 20.9 Å². The van der Waals surface area contributed by atoms with Crippen molar-refractivity contribution in [3.8, 4) is 17.3 Å². The van der Waals surface area contributed by atoms with Crippen LogP contribution in [0.3, 0.4) is 0 Å². The van der Waals surface area contributed by atoms with Gasteiger partial charge in [0.2, 0.25) is 11.7 Å². The summed E-state index contributed by atoms with van der Waals surface area (Å²) >= 11 is 6.06. The Morgan fingerprint density at radius 1 is 1.31 bits per heavy atom. The van der Waals surface area contributed by atoms with Gasteiger partial charge in [0.15, 0.2) is 0 Å². The summed E-state index contributed by atoms with van der Waals surface area (Å²) in [4.78, 5) is 27.3. The van der Waals surface area contributed by atoms with Crippen LogP contribution in [-0.4, -0.2) is 51.1 Å². The van der Waals surface area contributed by atoms with Gasteiger partial charge in [0.1, 0.15) is 11.4 Å². The van der Waals surface area contributed by atoms with E-state index in [9.17, 15) is 4.79 Å². The standard InChI is InChI=1S/C20H20ClN5O3/c1-28-17-3-2-14(21)11-15(17)20(27)26-8-4-13(5-9-26)10-18-24-19(25-29-18)16-12-22-6-7-23-16/h2-3,6-7,11-13H,4-5,8-10H2,1H3. The van der Waals surface area contributed by atoms with Crippen molar-refractivity contribution in [3.63, 3.8) is 0 Å². The third kappa shape index (κ3) is 4.37. The van der Waals surface area contributed by atoms with Crippen molar-refractivity contribution in [1.82, 2.24) is 25.0 Å². The molecule has 3 aromatic rings. The first-order valence-electron chi connectivity index (χ1n) is 9.36. The van der Waals surface area contributed by atoms with E-state index in [2.05, 4.69) is 20.1 Å². The van der Waals surface area contributed by atoms with E-state index in [-0.39, 0.29) is 5.91 Å². The highest BCUT2D eigenvalue weighted by Crippen LogP contribution is 2.27. The fourth-order valence-electron chi connectivity index (χ4n) is 3.46. The van der Waals surface area contributed by atoms with Crippen LogP contribution in [0.25, 0.3) is 11.5 Å². The number of halogens is 1. The summed E-state index contributed by atoms with van der Waals surface area (Å²) < 4.78 is 10.7. The molecule has 2 aromatic heterocycles. The molecule has 4 rings (SSSR count). The Morgan fingerprint density at radius 2 is 2.14 bits per heavy atom. The average Bonchev–Trinajstić information content (AvgIpc) is 3.23. The molecule has 1 aromatic carbocycles. The van der Waals surface area contributed by atoms with Crippen LogP contribution in [-0.2, 0) is 6.42 Å². The van der Waals surface area contributed by atoms with E-state index in [1.54, 1.807) is 43.9 Å². The largest absolute Gasteiger partial charge is 0.496 e. The van der Waals surface area contributed by atoms with E-state index < -0.39 is 0 Å². The van der Waals surface area contributed by atoms with Crippen LogP contribution in [0, 0.1) is 5.92 Å². The highest BCUT2D eigenvalue weighted by atomic mass is 35.5. The Bertz CT molecular complexity index is 987. The molecule has 0 aliphatic carbocycles. The number of nitrogens with zero attached hydrogens (tertiary/aromatic N) is 5. The number of rotatable bonds is 5. The van der Waals surface area contributed by atoms with Crippen molar-refractivity contribution >= 4 is 17.5 Å². The summed E-state index contributed by atoms with van der Waals surface area (Å²) in [5.41, 5.74) is 1.07. The fourth-order valence-corrected chi connectivity index (χ4v) is 3.63. The predicted molar refractivity (Wildman–Crippen MR) is 106 cm³/mol. The second-order valence-corrected chi connectivity index (χ2v) is 7.32. The summed E-state index contributed by atoms with van der Waals surface area (Å²) in [6.45, 7) is 1.31. The summed E-state index contributed by atoms with van der Waals surface area (Å²) in [5.74, 6) is 1.85. The maximum Gasteiger partial charge on any atom is 0.257 e. The van der Waals surface area contributed by atoms with Crippen LogP contribution in [0.2, 0.25) is 5.02 Å². The first-order chi connectivity index (χ1) is 14.1. The lowest BCUT2D eigenvalue weighted by atomic mass is 9.93. The van der Waals surface area contributed by atoms with Crippen molar-refractivity contribution in [2.24, 2.45) is 5.92 Å². The van der Waals surface area contributed by atoms with E-state index in [1.807, 2.05) is 4.90 Å². The van der Waals surface area contributed by atoms with Crippen LogP contribution in [0.1, 0.15) is 29.1 Å². The molecular weight excluding hydrogens is 394 g/mol. The average molecular weight is 414 g/mol. The van der Waals surface area contributed by atoms with Crippen LogP contribution in [0.4, 0.5) is 0 Å². The third-order valence-electron chi connectivity index (χ3n) is 5.02. The maximum atomic E-state index is 12.9. The van der Waals surface area contributed by atoms with Gasteiger partial charge in [-0.25, -0.2) is 4.98 Å². The Balaban J connectivity index is 1.36. The zero-order valence-corrected chi connectivity index (χ0v) is 16.7. The molecule has 1 amide bonds. The second kappa shape index (κ2) is 8.57. The zero-order chi connectivity index (χ0) is 20.2. The molecular formula is C20H20ClN5O3. The number of hydrogen-bond donors (Lipinski definition) is 0. The summed E-state index contributed by atoms with van der Waals surface area (Å²) in [7, 11) is 1.55. The van der Waals surface area contributed by atoms with Crippen molar-refractivity contribution in [2.45, 2.75) is 19.3 Å². The highest BCUT2D eigenvalue weighted by Gasteiger charge is 2.27. The number of carbonyl (C=O) groups is 1. The molecule has 1 fully saturated rings. The van der Waals surface area contributed by atoms with E-state index in [1.165, 1.54) is 0 Å². The molecule has 0 radical (unpaired) electrons. The molecule has 1 saturated heterocycles. The molecule has 9 heteroatoms. The number of piperidine rings is 1. The molecule has 29 heavy (non-hydrogen) atoms. The minimum atomic E-state index is -0.0643. The maximum absolute atomic E-state index is 12.9. The number of hydrogen-bond acceptors (Lipinski definition) is 7. The normalized spacial score (nSPS) is 14.8. The minimum absolute atomic E-state index is 0.0643. The minimum Gasteiger partial charge on any atom is -0.496 e. The van der Waals surface area contributed by atoms with Gasteiger partial charge in [0, 0.05) is 36.9 Å². The number of likely N-dealkylation sites (tertiary alicyclic amines) is 1. The van der Waals surface area contributed by atoms with Crippen LogP contribution < -0.4 is 4.74 Å². The first kappa shape index (κ1) is 19.3. The third-order valence-corrected chi connectivity index (χ3v) is 5.25.